The number of nitrogens with two attached hydrogens (primary N) is 1. The highest BCUT2D eigenvalue weighted by Crippen LogP contribution is 2.27. The number of hydrogen-bond donors (Lipinski definition) is 3. The summed E-state index contributed by atoms with van der Waals surface area (Å²) in [7, 11) is 1.31. The maximum Gasteiger partial charge on any atom is 0.332 e. The van der Waals surface area contributed by atoms with Crippen LogP contribution in [0.15, 0.2) is 42.5 Å². The molecule has 0 amide bonds. The standard InChI is InChI=1S/C16H15Cl2N3O2.ClH/c1-23-16(22)14(10-6-11(17)8-12(18)7-10)21-13-4-2-9(3-5-13)15(19)20;/h2-8,14,21H,1H3,(H3,19,20);1H. The molecule has 2 aromatic rings. The van der Waals surface area contributed by atoms with Crippen LogP contribution in [0.25, 0.3) is 0 Å². The second-order valence-electron chi connectivity index (χ2n) is 4.79. The molecule has 1 atom stereocenters. The van der Waals surface area contributed by atoms with Crippen LogP contribution in [0.4, 0.5) is 5.69 Å². The van der Waals surface area contributed by atoms with Crippen LogP contribution in [0.1, 0.15) is 17.2 Å². The molecule has 2 rings (SSSR count). The molecular formula is C16H16Cl3N3O2. The highest BCUT2D eigenvalue weighted by Gasteiger charge is 2.22. The number of methoxy groups -OCH3 is 1. The van der Waals surface area contributed by atoms with Crippen molar-refractivity contribution < 1.29 is 9.53 Å². The van der Waals surface area contributed by atoms with E-state index in [-0.39, 0.29) is 18.2 Å². The van der Waals surface area contributed by atoms with Crippen LogP contribution < -0.4 is 11.1 Å². The number of halogens is 3. The third-order valence-electron chi connectivity index (χ3n) is 3.16. The first-order valence-corrected chi connectivity index (χ1v) is 7.41. The van der Waals surface area contributed by atoms with Crippen molar-refractivity contribution in [2.45, 2.75) is 6.04 Å². The minimum Gasteiger partial charge on any atom is -0.467 e. The normalized spacial score (nSPS) is 11.1. The molecule has 0 aliphatic carbocycles. The summed E-state index contributed by atoms with van der Waals surface area (Å²) in [6, 6.07) is 10.9. The quantitative estimate of drug-likeness (QED) is 0.410. The van der Waals surface area contributed by atoms with E-state index in [2.05, 4.69) is 5.32 Å². The van der Waals surface area contributed by atoms with E-state index in [4.69, 9.17) is 39.1 Å². The average Bonchev–Trinajstić information content (AvgIpc) is 2.51. The predicted molar refractivity (Wildman–Crippen MR) is 99.5 cm³/mol. The van der Waals surface area contributed by atoms with E-state index in [0.29, 0.717) is 26.9 Å². The smallest absolute Gasteiger partial charge is 0.332 e. The molecule has 0 spiro atoms. The van der Waals surface area contributed by atoms with Gasteiger partial charge in [-0.2, -0.15) is 0 Å². The first-order chi connectivity index (χ1) is 10.9. The van der Waals surface area contributed by atoms with Crippen LogP contribution in [0.3, 0.4) is 0 Å². The van der Waals surface area contributed by atoms with Gasteiger partial charge in [-0.25, -0.2) is 4.79 Å². The van der Waals surface area contributed by atoms with Crippen LogP contribution in [-0.2, 0) is 9.53 Å². The van der Waals surface area contributed by atoms with Gasteiger partial charge in [-0.3, -0.25) is 5.41 Å². The van der Waals surface area contributed by atoms with Crippen molar-refractivity contribution in [2.75, 3.05) is 12.4 Å². The van der Waals surface area contributed by atoms with Crippen molar-refractivity contribution in [2.24, 2.45) is 5.73 Å². The summed E-state index contributed by atoms with van der Waals surface area (Å²) in [5.74, 6) is -0.498. The summed E-state index contributed by atoms with van der Waals surface area (Å²) >= 11 is 12.0. The number of esters is 1. The second kappa shape index (κ2) is 8.78. The maximum atomic E-state index is 12.1. The molecule has 0 saturated heterocycles. The molecule has 0 aromatic heterocycles. The molecule has 0 saturated carbocycles. The highest BCUT2D eigenvalue weighted by molar-refractivity contribution is 6.34. The van der Waals surface area contributed by atoms with Gasteiger partial charge >= 0.3 is 5.97 Å². The SMILES string of the molecule is COC(=O)C(Nc1ccc(C(=N)N)cc1)c1cc(Cl)cc(Cl)c1.Cl. The largest absolute Gasteiger partial charge is 0.467 e. The van der Waals surface area contributed by atoms with Crippen LogP contribution >= 0.6 is 35.6 Å². The van der Waals surface area contributed by atoms with E-state index in [1.807, 2.05) is 0 Å². The Hall–Kier alpha value is -1.95. The topological polar surface area (TPSA) is 88.2 Å². The van der Waals surface area contributed by atoms with Crippen LogP contribution in [-0.4, -0.2) is 18.9 Å². The van der Waals surface area contributed by atoms with Crippen molar-refractivity contribution >= 4 is 53.1 Å². The molecule has 2 aromatic carbocycles. The van der Waals surface area contributed by atoms with Gasteiger partial charge < -0.3 is 15.8 Å². The van der Waals surface area contributed by atoms with Crippen molar-refractivity contribution in [3.8, 4) is 0 Å². The summed E-state index contributed by atoms with van der Waals surface area (Å²) in [6.07, 6.45) is 0. The third-order valence-corrected chi connectivity index (χ3v) is 3.60. The number of ether oxygens (including phenoxy) is 1. The Kier molecular flexibility index (Phi) is 7.35. The van der Waals surface area contributed by atoms with E-state index in [1.54, 1.807) is 42.5 Å². The van der Waals surface area contributed by atoms with Gasteiger partial charge in [-0.15, -0.1) is 12.4 Å². The monoisotopic (exact) mass is 387 g/mol. The minimum atomic E-state index is -0.764. The van der Waals surface area contributed by atoms with Gasteiger partial charge in [0, 0.05) is 21.3 Å². The van der Waals surface area contributed by atoms with E-state index in [0.717, 1.165) is 0 Å². The lowest BCUT2D eigenvalue weighted by atomic mass is 10.1. The molecule has 0 aliphatic rings. The fourth-order valence-electron chi connectivity index (χ4n) is 2.05. The highest BCUT2D eigenvalue weighted by atomic mass is 35.5. The Morgan fingerprint density at radius 2 is 1.71 bits per heavy atom. The first-order valence-electron chi connectivity index (χ1n) is 6.65. The van der Waals surface area contributed by atoms with E-state index >= 15 is 0 Å². The number of anilines is 1. The number of rotatable bonds is 5. The zero-order valence-electron chi connectivity index (χ0n) is 12.7. The molecule has 0 fully saturated rings. The number of carbonyl (C=O) groups is 1. The van der Waals surface area contributed by atoms with Crippen LogP contribution in [0.5, 0.6) is 0 Å². The van der Waals surface area contributed by atoms with Gasteiger partial charge in [0.1, 0.15) is 5.84 Å². The molecule has 8 heteroatoms. The number of hydrogen-bond acceptors (Lipinski definition) is 4. The van der Waals surface area contributed by atoms with Crippen molar-refractivity contribution in [3.63, 3.8) is 0 Å². The minimum absolute atomic E-state index is 0. The Bertz CT molecular complexity index is 716. The van der Waals surface area contributed by atoms with Gasteiger partial charge in [0.25, 0.3) is 0 Å². The van der Waals surface area contributed by atoms with Gasteiger partial charge in [0.05, 0.1) is 7.11 Å². The van der Waals surface area contributed by atoms with Crippen molar-refractivity contribution in [1.82, 2.24) is 0 Å². The Morgan fingerprint density at radius 1 is 1.17 bits per heavy atom. The maximum absolute atomic E-state index is 12.1. The Morgan fingerprint density at radius 3 is 2.17 bits per heavy atom. The third kappa shape index (κ3) is 5.03. The molecule has 0 bridgehead atoms. The lowest BCUT2D eigenvalue weighted by Crippen LogP contribution is -2.22. The number of carbonyl (C=O) groups excluding carboxylic acids is 1. The first kappa shape index (κ1) is 20.1. The summed E-state index contributed by atoms with van der Waals surface area (Å²) in [4.78, 5) is 12.1. The Balaban J connectivity index is 0.00000288. The van der Waals surface area contributed by atoms with E-state index in [9.17, 15) is 4.79 Å². The molecule has 0 radical (unpaired) electrons. The van der Waals surface area contributed by atoms with Crippen LogP contribution in [0.2, 0.25) is 10.0 Å². The fourth-order valence-corrected chi connectivity index (χ4v) is 2.59. The molecule has 0 aliphatic heterocycles. The number of benzene rings is 2. The summed E-state index contributed by atoms with van der Waals surface area (Å²) in [6.45, 7) is 0. The second-order valence-corrected chi connectivity index (χ2v) is 5.67. The Labute approximate surface area is 156 Å². The van der Waals surface area contributed by atoms with Gasteiger partial charge in [0.15, 0.2) is 6.04 Å². The van der Waals surface area contributed by atoms with Crippen LogP contribution in [0, 0.1) is 5.41 Å². The molecule has 1 unspecified atom stereocenters. The molecular weight excluding hydrogens is 373 g/mol. The van der Waals surface area contributed by atoms with Crippen molar-refractivity contribution in [3.05, 3.63) is 63.6 Å². The molecule has 0 heterocycles. The molecule has 128 valence electrons. The summed E-state index contributed by atoms with van der Waals surface area (Å²) in [5.41, 5.74) is 7.27. The van der Waals surface area contributed by atoms with E-state index < -0.39 is 12.0 Å². The van der Waals surface area contributed by atoms with E-state index in [1.165, 1.54) is 7.11 Å². The summed E-state index contributed by atoms with van der Waals surface area (Å²) in [5, 5.41) is 11.3. The number of amidine groups is 1. The number of nitrogens with one attached hydrogen (secondary N) is 2. The zero-order valence-corrected chi connectivity index (χ0v) is 15.0. The summed E-state index contributed by atoms with van der Waals surface area (Å²) < 4.78 is 4.84. The van der Waals surface area contributed by atoms with Gasteiger partial charge in [-0.05, 0) is 48.0 Å². The average molecular weight is 389 g/mol. The molecule has 4 N–H and O–H groups in total. The molecule has 24 heavy (non-hydrogen) atoms. The van der Waals surface area contributed by atoms with Gasteiger partial charge in [0.2, 0.25) is 0 Å². The molecule has 5 nitrogen and oxygen atoms in total. The lowest BCUT2D eigenvalue weighted by molar-refractivity contribution is -0.141. The number of nitrogen functional groups attached to an aromatic ring is 1. The lowest BCUT2D eigenvalue weighted by Gasteiger charge is -2.19. The van der Waals surface area contributed by atoms with Gasteiger partial charge in [-0.1, -0.05) is 23.2 Å². The zero-order chi connectivity index (χ0) is 17.0. The predicted octanol–water partition coefficient (Wildman–Crippen LogP) is 4.03. The van der Waals surface area contributed by atoms with Crippen molar-refractivity contribution in [1.29, 1.82) is 5.41 Å². The fraction of sp³-hybridized carbons (Fsp3) is 0.125.